The van der Waals surface area contributed by atoms with E-state index in [-0.39, 0.29) is 22.3 Å². The summed E-state index contributed by atoms with van der Waals surface area (Å²) < 4.78 is 28.2. The van der Waals surface area contributed by atoms with E-state index in [0.29, 0.717) is 6.61 Å². The Labute approximate surface area is 88.4 Å². The Morgan fingerprint density at radius 3 is 2.60 bits per heavy atom. The molecule has 0 unspecified atom stereocenters. The predicted molar refractivity (Wildman–Crippen MR) is 55.3 cm³/mol. The topological polar surface area (TPSA) is 95.2 Å². The van der Waals surface area contributed by atoms with Crippen LogP contribution in [0.1, 0.15) is 13.8 Å². The molecule has 6 nitrogen and oxygen atoms in total. The first-order valence-corrected chi connectivity index (χ1v) is 6.14. The van der Waals surface area contributed by atoms with Crippen molar-refractivity contribution in [3.05, 3.63) is 6.33 Å². The molecule has 0 spiro atoms. The van der Waals surface area contributed by atoms with Crippen LogP contribution in [0.25, 0.3) is 0 Å². The summed E-state index contributed by atoms with van der Waals surface area (Å²) in [6, 6.07) is 0. The molecule has 0 amide bonds. The van der Waals surface area contributed by atoms with Crippen LogP contribution in [-0.4, -0.2) is 30.7 Å². The molecule has 0 aromatic carbocycles. The second kappa shape index (κ2) is 4.43. The van der Waals surface area contributed by atoms with Gasteiger partial charge in [0.1, 0.15) is 12.0 Å². The van der Waals surface area contributed by atoms with Gasteiger partial charge in [0.15, 0.2) is 14.9 Å². The van der Waals surface area contributed by atoms with Crippen LogP contribution in [0.15, 0.2) is 11.4 Å². The van der Waals surface area contributed by atoms with Crippen molar-refractivity contribution in [1.82, 2.24) is 9.97 Å². The first-order valence-electron chi connectivity index (χ1n) is 4.49. The number of nitrogens with zero attached hydrogens (tertiary/aromatic N) is 2. The van der Waals surface area contributed by atoms with Gasteiger partial charge in [0.2, 0.25) is 5.88 Å². The fraction of sp³-hybridized carbons (Fsp3) is 0.500. The fourth-order valence-electron chi connectivity index (χ4n) is 1.00. The predicted octanol–water partition coefficient (Wildman–Crippen LogP) is 0.251. The van der Waals surface area contributed by atoms with E-state index < -0.39 is 9.84 Å². The van der Waals surface area contributed by atoms with Crippen LogP contribution in [0.3, 0.4) is 0 Å². The molecule has 0 saturated carbocycles. The number of hydrogen-bond acceptors (Lipinski definition) is 6. The molecule has 7 heteroatoms. The monoisotopic (exact) mass is 231 g/mol. The van der Waals surface area contributed by atoms with Crippen LogP contribution in [0.2, 0.25) is 0 Å². The molecule has 0 aliphatic heterocycles. The number of anilines is 1. The van der Waals surface area contributed by atoms with E-state index in [2.05, 4.69) is 9.97 Å². The Kier molecular flexibility index (Phi) is 3.46. The van der Waals surface area contributed by atoms with Crippen molar-refractivity contribution in [2.24, 2.45) is 0 Å². The van der Waals surface area contributed by atoms with Crippen LogP contribution < -0.4 is 10.5 Å². The van der Waals surface area contributed by atoms with E-state index in [1.807, 2.05) is 0 Å². The summed E-state index contributed by atoms with van der Waals surface area (Å²) in [5.74, 6) is 0.0549. The van der Waals surface area contributed by atoms with Gasteiger partial charge in [-0.3, -0.25) is 0 Å². The average Bonchev–Trinajstić information content (AvgIpc) is 2.21. The number of ether oxygens (including phenoxy) is 1. The van der Waals surface area contributed by atoms with Gasteiger partial charge in [-0.2, -0.15) is 4.98 Å². The molecule has 0 aliphatic carbocycles. The lowest BCUT2D eigenvalue weighted by atomic mass is 10.5. The van der Waals surface area contributed by atoms with E-state index in [0.717, 1.165) is 6.33 Å². The summed E-state index contributed by atoms with van der Waals surface area (Å²) in [6.07, 6.45) is 1.13. The Morgan fingerprint density at radius 2 is 2.07 bits per heavy atom. The van der Waals surface area contributed by atoms with Gasteiger partial charge in [0.25, 0.3) is 0 Å². The molecule has 1 heterocycles. The van der Waals surface area contributed by atoms with E-state index in [1.165, 1.54) is 6.92 Å². The smallest absolute Gasteiger partial charge is 0.241 e. The van der Waals surface area contributed by atoms with E-state index in [9.17, 15) is 8.42 Å². The highest BCUT2D eigenvalue weighted by atomic mass is 32.2. The number of hydrogen-bond donors (Lipinski definition) is 1. The molecule has 0 radical (unpaired) electrons. The maximum Gasteiger partial charge on any atom is 0.241 e. The van der Waals surface area contributed by atoms with Crippen molar-refractivity contribution in [2.45, 2.75) is 18.9 Å². The summed E-state index contributed by atoms with van der Waals surface area (Å²) in [5.41, 5.74) is 5.58. The molecule has 0 aliphatic rings. The number of aromatic nitrogens is 2. The molecule has 1 aromatic heterocycles. The molecule has 84 valence electrons. The van der Waals surface area contributed by atoms with Gasteiger partial charge < -0.3 is 10.5 Å². The maximum absolute atomic E-state index is 11.6. The lowest BCUT2D eigenvalue weighted by Crippen LogP contribution is -2.12. The van der Waals surface area contributed by atoms with E-state index >= 15 is 0 Å². The highest BCUT2D eigenvalue weighted by Gasteiger charge is 2.20. The van der Waals surface area contributed by atoms with Crippen molar-refractivity contribution >= 4 is 15.5 Å². The number of nitrogens with two attached hydrogens (primary N) is 1. The SMILES string of the molecule is CCOc1ncnc(S(=O)(=O)CC)c1N. The van der Waals surface area contributed by atoms with Gasteiger partial charge in [-0.15, -0.1) is 0 Å². The van der Waals surface area contributed by atoms with Gasteiger partial charge in [0, 0.05) is 0 Å². The molecular weight excluding hydrogens is 218 g/mol. The molecule has 0 atom stereocenters. The Morgan fingerprint density at radius 1 is 1.40 bits per heavy atom. The lowest BCUT2D eigenvalue weighted by molar-refractivity contribution is 0.327. The highest BCUT2D eigenvalue weighted by Crippen LogP contribution is 2.24. The van der Waals surface area contributed by atoms with Crippen molar-refractivity contribution in [3.8, 4) is 5.88 Å². The normalized spacial score (nSPS) is 11.3. The molecular formula is C8H13N3O3S. The standard InChI is InChI=1S/C8H13N3O3S/c1-3-14-7-6(9)8(11-5-10-7)15(12,13)4-2/h5H,3-4,9H2,1-2H3. The minimum atomic E-state index is -3.43. The minimum Gasteiger partial charge on any atom is -0.476 e. The molecule has 0 fully saturated rings. The molecule has 15 heavy (non-hydrogen) atoms. The quantitative estimate of drug-likeness (QED) is 0.746. The molecule has 1 aromatic rings. The Balaban J connectivity index is 3.27. The molecule has 1 rings (SSSR count). The minimum absolute atomic E-state index is 0.0267. The largest absolute Gasteiger partial charge is 0.476 e. The maximum atomic E-state index is 11.6. The zero-order chi connectivity index (χ0) is 11.5. The number of sulfone groups is 1. The second-order valence-electron chi connectivity index (χ2n) is 2.73. The van der Waals surface area contributed by atoms with Gasteiger partial charge >= 0.3 is 0 Å². The molecule has 0 saturated heterocycles. The van der Waals surface area contributed by atoms with E-state index in [4.69, 9.17) is 10.5 Å². The van der Waals surface area contributed by atoms with Gasteiger partial charge in [-0.1, -0.05) is 6.92 Å². The van der Waals surface area contributed by atoms with Gasteiger partial charge in [-0.05, 0) is 6.92 Å². The van der Waals surface area contributed by atoms with Crippen LogP contribution >= 0.6 is 0 Å². The third kappa shape index (κ3) is 2.35. The zero-order valence-corrected chi connectivity index (χ0v) is 9.41. The van der Waals surface area contributed by atoms with Crippen molar-refractivity contribution in [2.75, 3.05) is 18.1 Å². The van der Waals surface area contributed by atoms with Crippen LogP contribution in [0.5, 0.6) is 5.88 Å². The first kappa shape index (κ1) is 11.7. The summed E-state index contributed by atoms with van der Waals surface area (Å²) in [4.78, 5) is 7.41. The lowest BCUT2D eigenvalue weighted by Gasteiger charge is -2.08. The highest BCUT2D eigenvalue weighted by molar-refractivity contribution is 7.91. The van der Waals surface area contributed by atoms with Gasteiger partial charge in [0.05, 0.1) is 12.4 Å². The van der Waals surface area contributed by atoms with Gasteiger partial charge in [-0.25, -0.2) is 13.4 Å². The average molecular weight is 231 g/mol. The third-order valence-corrected chi connectivity index (χ3v) is 3.44. The van der Waals surface area contributed by atoms with Crippen LogP contribution in [-0.2, 0) is 9.84 Å². The van der Waals surface area contributed by atoms with Crippen LogP contribution in [0.4, 0.5) is 5.69 Å². The van der Waals surface area contributed by atoms with Crippen LogP contribution in [0, 0.1) is 0 Å². The molecule has 2 N–H and O–H groups in total. The summed E-state index contributed by atoms with van der Waals surface area (Å²) >= 11 is 0. The summed E-state index contributed by atoms with van der Waals surface area (Å²) in [5, 5.41) is -0.163. The fourth-order valence-corrected chi connectivity index (χ4v) is 1.90. The van der Waals surface area contributed by atoms with Crippen molar-refractivity contribution in [1.29, 1.82) is 0 Å². The second-order valence-corrected chi connectivity index (χ2v) is 4.93. The Hall–Kier alpha value is -1.37. The number of nitrogen functional groups attached to an aromatic ring is 1. The number of rotatable bonds is 4. The van der Waals surface area contributed by atoms with Crippen molar-refractivity contribution < 1.29 is 13.2 Å². The summed E-state index contributed by atoms with van der Waals surface area (Å²) in [7, 11) is -3.43. The Bertz CT molecular complexity index is 444. The third-order valence-electron chi connectivity index (χ3n) is 1.77. The zero-order valence-electron chi connectivity index (χ0n) is 8.60. The molecule has 0 bridgehead atoms. The van der Waals surface area contributed by atoms with E-state index in [1.54, 1.807) is 6.92 Å². The first-order chi connectivity index (χ1) is 7.03. The van der Waals surface area contributed by atoms with Crippen molar-refractivity contribution in [3.63, 3.8) is 0 Å². The summed E-state index contributed by atoms with van der Waals surface area (Å²) in [6.45, 7) is 3.65.